The van der Waals surface area contributed by atoms with Crippen LogP contribution in [0.4, 0.5) is 13.2 Å². The van der Waals surface area contributed by atoms with Gasteiger partial charge < -0.3 is 10.6 Å². The maximum Gasteiger partial charge on any atom is 0.434 e. The summed E-state index contributed by atoms with van der Waals surface area (Å²) in [5.41, 5.74) is 1.71. The van der Waals surface area contributed by atoms with Gasteiger partial charge in [0.05, 0.1) is 5.01 Å². The van der Waals surface area contributed by atoms with E-state index in [0.717, 1.165) is 36.4 Å². The summed E-state index contributed by atoms with van der Waals surface area (Å²) >= 11 is 1.03. The van der Waals surface area contributed by atoms with E-state index in [-0.39, 0.29) is 0 Å². The van der Waals surface area contributed by atoms with E-state index in [9.17, 15) is 13.2 Å². The van der Waals surface area contributed by atoms with E-state index >= 15 is 0 Å². The second kappa shape index (κ2) is 10.8. The lowest BCUT2D eigenvalue weighted by molar-refractivity contribution is -0.140. The summed E-state index contributed by atoms with van der Waals surface area (Å²) in [5, 5.41) is 7.97. The van der Waals surface area contributed by atoms with Crippen molar-refractivity contribution in [2.75, 3.05) is 26.7 Å². The van der Waals surface area contributed by atoms with Crippen LogP contribution in [-0.4, -0.2) is 42.5 Å². The van der Waals surface area contributed by atoms with Crippen LogP contribution in [0, 0.1) is 0 Å². The van der Waals surface area contributed by atoms with Crippen LogP contribution < -0.4 is 10.6 Å². The minimum atomic E-state index is -4.39. The van der Waals surface area contributed by atoms with Crippen LogP contribution in [0.3, 0.4) is 0 Å². The molecule has 1 fully saturated rings. The number of hydrogen-bond donors (Lipinski definition) is 2. The standard InChI is InChI=1S/C21H28F3N5S/c1-25-20(26-10-9-19-28-18(15-30-19)21(22,23)24)27-13-16-7-3-4-8-17(16)14-29-11-5-2-6-12-29/h3-4,7-8,15H,2,5-6,9-14H2,1H3,(H2,25,26,27). The monoisotopic (exact) mass is 439 g/mol. The van der Waals surface area contributed by atoms with Gasteiger partial charge in [-0.05, 0) is 37.1 Å². The van der Waals surface area contributed by atoms with E-state index in [2.05, 4.69) is 43.7 Å². The number of nitrogens with zero attached hydrogens (tertiary/aromatic N) is 3. The Kier molecular flexibility index (Phi) is 8.09. The molecule has 0 spiro atoms. The minimum Gasteiger partial charge on any atom is -0.356 e. The zero-order valence-corrected chi connectivity index (χ0v) is 18.0. The van der Waals surface area contributed by atoms with Crippen LogP contribution in [0.25, 0.3) is 0 Å². The molecule has 5 nitrogen and oxygen atoms in total. The number of guanidine groups is 1. The van der Waals surface area contributed by atoms with Crippen LogP contribution in [-0.2, 0) is 25.7 Å². The molecule has 0 bridgehead atoms. The fraction of sp³-hybridized carbons (Fsp3) is 0.524. The van der Waals surface area contributed by atoms with Gasteiger partial charge in [0, 0.05) is 38.5 Å². The number of piperidine rings is 1. The number of aromatic nitrogens is 1. The average molecular weight is 440 g/mol. The van der Waals surface area contributed by atoms with Crippen LogP contribution in [0.15, 0.2) is 34.6 Å². The van der Waals surface area contributed by atoms with Crippen molar-refractivity contribution in [2.24, 2.45) is 4.99 Å². The lowest BCUT2D eigenvalue weighted by atomic mass is 10.0. The van der Waals surface area contributed by atoms with Gasteiger partial charge in [0.1, 0.15) is 0 Å². The third kappa shape index (κ3) is 6.70. The van der Waals surface area contributed by atoms with Gasteiger partial charge in [0.25, 0.3) is 0 Å². The molecule has 0 unspecified atom stereocenters. The van der Waals surface area contributed by atoms with Crippen molar-refractivity contribution in [3.05, 3.63) is 51.5 Å². The number of aliphatic imine (C=N–C) groups is 1. The molecule has 1 aliphatic heterocycles. The highest BCUT2D eigenvalue weighted by Gasteiger charge is 2.33. The molecule has 1 aromatic heterocycles. The molecule has 0 aliphatic carbocycles. The molecule has 2 N–H and O–H groups in total. The second-order valence-electron chi connectivity index (χ2n) is 7.33. The molecule has 9 heteroatoms. The summed E-state index contributed by atoms with van der Waals surface area (Å²) in [5.74, 6) is 0.621. The maximum atomic E-state index is 12.6. The van der Waals surface area contributed by atoms with E-state index in [0.29, 0.717) is 30.5 Å². The highest BCUT2D eigenvalue weighted by Crippen LogP contribution is 2.30. The van der Waals surface area contributed by atoms with Gasteiger partial charge in [-0.3, -0.25) is 9.89 Å². The molecule has 1 aromatic carbocycles. The molecule has 164 valence electrons. The van der Waals surface area contributed by atoms with E-state index < -0.39 is 11.9 Å². The topological polar surface area (TPSA) is 52.6 Å². The average Bonchev–Trinajstić information content (AvgIpc) is 3.22. The van der Waals surface area contributed by atoms with E-state index in [4.69, 9.17) is 0 Å². The summed E-state index contributed by atoms with van der Waals surface area (Å²) in [6, 6.07) is 8.39. The highest BCUT2D eigenvalue weighted by atomic mass is 32.1. The van der Waals surface area contributed by atoms with Gasteiger partial charge in [0.15, 0.2) is 11.7 Å². The maximum absolute atomic E-state index is 12.6. The van der Waals surface area contributed by atoms with Gasteiger partial charge in [0.2, 0.25) is 0 Å². The largest absolute Gasteiger partial charge is 0.434 e. The van der Waals surface area contributed by atoms with E-state index in [1.54, 1.807) is 7.05 Å². The molecule has 30 heavy (non-hydrogen) atoms. The Labute approximate surface area is 179 Å². The molecule has 0 radical (unpaired) electrons. The van der Waals surface area contributed by atoms with Crippen molar-refractivity contribution in [3.8, 4) is 0 Å². The first-order chi connectivity index (χ1) is 14.5. The molecule has 0 atom stereocenters. The number of alkyl halides is 3. The Bertz CT molecular complexity index is 828. The van der Waals surface area contributed by atoms with Gasteiger partial charge in [-0.25, -0.2) is 4.98 Å². The molecular formula is C21H28F3N5S. The molecule has 3 rings (SSSR count). The Morgan fingerprint density at radius 2 is 1.87 bits per heavy atom. The smallest absolute Gasteiger partial charge is 0.356 e. The molecular weight excluding hydrogens is 411 g/mol. The SMILES string of the molecule is CN=C(NCCc1nc(C(F)(F)F)cs1)NCc1ccccc1CN1CCCCC1. The zero-order valence-electron chi connectivity index (χ0n) is 17.1. The van der Waals surface area contributed by atoms with Gasteiger partial charge in [-0.1, -0.05) is 30.7 Å². The Hall–Kier alpha value is -2.13. The zero-order chi connectivity index (χ0) is 21.4. The lowest BCUT2D eigenvalue weighted by Crippen LogP contribution is -2.38. The van der Waals surface area contributed by atoms with Crippen LogP contribution in [0.5, 0.6) is 0 Å². The molecule has 2 aromatic rings. The number of nitrogens with one attached hydrogen (secondary N) is 2. The highest BCUT2D eigenvalue weighted by molar-refractivity contribution is 7.09. The van der Waals surface area contributed by atoms with Crippen molar-refractivity contribution in [3.63, 3.8) is 0 Å². The predicted octanol–water partition coefficient (Wildman–Crippen LogP) is 4.06. The summed E-state index contributed by atoms with van der Waals surface area (Å²) in [4.78, 5) is 10.4. The van der Waals surface area contributed by atoms with Crippen LogP contribution >= 0.6 is 11.3 Å². The number of hydrogen-bond acceptors (Lipinski definition) is 4. The van der Waals surface area contributed by atoms with Crippen molar-refractivity contribution in [2.45, 2.75) is 44.9 Å². The van der Waals surface area contributed by atoms with Gasteiger partial charge in [-0.15, -0.1) is 11.3 Å². The Morgan fingerprint density at radius 3 is 2.53 bits per heavy atom. The van der Waals surface area contributed by atoms with Crippen LogP contribution in [0.1, 0.15) is 41.1 Å². The predicted molar refractivity (Wildman–Crippen MR) is 115 cm³/mol. The number of likely N-dealkylation sites (tertiary alicyclic amines) is 1. The fourth-order valence-electron chi connectivity index (χ4n) is 3.49. The van der Waals surface area contributed by atoms with Crippen molar-refractivity contribution < 1.29 is 13.2 Å². The first-order valence-corrected chi connectivity index (χ1v) is 11.1. The molecule has 1 saturated heterocycles. The van der Waals surface area contributed by atoms with E-state index in [1.165, 1.54) is 30.4 Å². The van der Waals surface area contributed by atoms with Crippen LogP contribution in [0.2, 0.25) is 0 Å². The number of halogens is 3. The van der Waals surface area contributed by atoms with Crippen molar-refractivity contribution >= 4 is 17.3 Å². The normalized spacial score (nSPS) is 15.9. The first-order valence-electron chi connectivity index (χ1n) is 10.2. The van der Waals surface area contributed by atoms with E-state index in [1.807, 2.05) is 6.07 Å². The van der Waals surface area contributed by atoms with Gasteiger partial charge in [-0.2, -0.15) is 13.2 Å². The summed E-state index contributed by atoms with van der Waals surface area (Å²) in [6.45, 7) is 4.35. The second-order valence-corrected chi connectivity index (χ2v) is 8.27. The lowest BCUT2D eigenvalue weighted by Gasteiger charge is -2.27. The quantitative estimate of drug-likeness (QED) is 0.505. The molecule has 2 heterocycles. The third-order valence-electron chi connectivity index (χ3n) is 5.10. The Balaban J connectivity index is 1.48. The Morgan fingerprint density at radius 1 is 1.13 bits per heavy atom. The van der Waals surface area contributed by atoms with Crippen molar-refractivity contribution in [1.82, 2.24) is 20.5 Å². The molecule has 0 saturated carbocycles. The summed E-state index contributed by atoms with van der Waals surface area (Å²) in [6.07, 6.45) is -0.129. The minimum absolute atomic E-state index is 0.410. The number of benzene rings is 1. The summed E-state index contributed by atoms with van der Waals surface area (Å²) < 4.78 is 37.9. The summed E-state index contributed by atoms with van der Waals surface area (Å²) in [7, 11) is 1.68. The number of thiazole rings is 1. The third-order valence-corrected chi connectivity index (χ3v) is 6.01. The van der Waals surface area contributed by atoms with Crippen molar-refractivity contribution in [1.29, 1.82) is 0 Å². The first kappa shape index (κ1) is 22.6. The molecule has 1 aliphatic rings. The fourth-order valence-corrected chi connectivity index (χ4v) is 4.29. The molecule has 0 amide bonds. The van der Waals surface area contributed by atoms with Gasteiger partial charge >= 0.3 is 6.18 Å². The number of rotatable bonds is 7.